The zero-order valence-corrected chi connectivity index (χ0v) is 20.0. The number of hydrogen-bond donors (Lipinski definition) is 1. The first-order chi connectivity index (χ1) is 15.5. The number of ether oxygens (including phenoxy) is 1. The molecule has 0 saturated heterocycles. The molecule has 1 N–H and O–H groups in total. The number of aryl methyl sites for hydroxylation is 4. The summed E-state index contributed by atoms with van der Waals surface area (Å²) in [5, 5.41) is 2.99. The Kier molecular flexibility index (Phi) is 8.72. The molecule has 3 aromatic rings. The Hall–Kier alpha value is -2.82. The van der Waals surface area contributed by atoms with Gasteiger partial charge in [-0.3, -0.25) is 4.79 Å². The second kappa shape index (κ2) is 11.7. The summed E-state index contributed by atoms with van der Waals surface area (Å²) >= 11 is 0. The van der Waals surface area contributed by atoms with Crippen LogP contribution in [0.2, 0.25) is 0 Å². The Labute approximate surface area is 192 Å². The monoisotopic (exact) mass is 435 g/mol. The van der Waals surface area contributed by atoms with E-state index in [0.717, 1.165) is 62.3 Å². The molecule has 5 heteroatoms. The quantitative estimate of drug-likeness (QED) is 0.376. The maximum Gasteiger partial charge on any atom is 0.222 e. The minimum Gasteiger partial charge on any atom is -0.493 e. The predicted molar refractivity (Wildman–Crippen MR) is 131 cm³/mol. The molecular formula is C27H37N3O2. The van der Waals surface area contributed by atoms with Crippen molar-refractivity contribution in [2.24, 2.45) is 5.92 Å². The van der Waals surface area contributed by atoms with Crippen molar-refractivity contribution in [3.8, 4) is 5.75 Å². The number of benzene rings is 2. The van der Waals surface area contributed by atoms with Gasteiger partial charge in [0, 0.05) is 25.4 Å². The zero-order chi connectivity index (χ0) is 22.9. The number of carbonyl (C=O) groups is 1. The summed E-state index contributed by atoms with van der Waals surface area (Å²) < 4.78 is 8.38. The molecule has 0 bridgehead atoms. The number of aromatic nitrogens is 2. The van der Waals surface area contributed by atoms with Crippen molar-refractivity contribution in [1.29, 1.82) is 0 Å². The molecule has 0 fully saturated rings. The molecule has 172 valence electrons. The summed E-state index contributed by atoms with van der Waals surface area (Å²) in [5.74, 6) is 2.29. The fourth-order valence-corrected chi connectivity index (χ4v) is 3.93. The largest absolute Gasteiger partial charge is 0.493 e. The van der Waals surface area contributed by atoms with E-state index in [4.69, 9.17) is 9.72 Å². The van der Waals surface area contributed by atoms with Crippen LogP contribution in [0.1, 0.15) is 56.5 Å². The van der Waals surface area contributed by atoms with Crippen molar-refractivity contribution in [2.75, 3.05) is 13.2 Å². The van der Waals surface area contributed by atoms with Gasteiger partial charge in [0.2, 0.25) is 5.91 Å². The van der Waals surface area contributed by atoms with Crippen LogP contribution < -0.4 is 10.1 Å². The van der Waals surface area contributed by atoms with Crippen molar-refractivity contribution in [2.45, 2.75) is 66.3 Å². The molecule has 0 aliphatic heterocycles. The Morgan fingerprint density at radius 2 is 1.88 bits per heavy atom. The second-order valence-corrected chi connectivity index (χ2v) is 8.90. The predicted octanol–water partition coefficient (Wildman–Crippen LogP) is 5.61. The number of hydrogen-bond acceptors (Lipinski definition) is 3. The van der Waals surface area contributed by atoms with Gasteiger partial charge in [0.05, 0.1) is 17.6 Å². The zero-order valence-electron chi connectivity index (χ0n) is 20.0. The molecule has 0 unspecified atom stereocenters. The molecule has 0 aliphatic rings. The number of unbranched alkanes of at least 4 members (excludes halogenated alkanes) is 2. The number of nitrogens with one attached hydrogen (secondary N) is 1. The van der Waals surface area contributed by atoms with Gasteiger partial charge in [-0.2, -0.15) is 0 Å². The number of amides is 1. The molecule has 32 heavy (non-hydrogen) atoms. The van der Waals surface area contributed by atoms with Crippen LogP contribution in [0.15, 0.2) is 42.5 Å². The minimum atomic E-state index is 0.0498. The summed E-state index contributed by atoms with van der Waals surface area (Å²) in [5.41, 5.74) is 4.69. The first kappa shape index (κ1) is 23.8. The van der Waals surface area contributed by atoms with Crippen LogP contribution >= 0.6 is 0 Å². The molecule has 1 amide bonds. The number of carbonyl (C=O) groups excluding carboxylic acids is 1. The molecule has 0 aliphatic carbocycles. The Morgan fingerprint density at radius 3 is 2.66 bits per heavy atom. The van der Waals surface area contributed by atoms with Gasteiger partial charge in [0.25, 0.3) is 0 Å². The van der Waals surface area contributed by atoms with Crippen LogP contribution in [0.3, 0.4) is 0 Å². The van der Waals surface area contributed by atoms with Crippen LogP contribution in [-0.4, -0.2) is 28.6 Å². The van der Waals surface area contributed by atoms with Gasteiger partial charge in [0.1, 0.15) is 11.6 Å². The van der Waals surface area contributed by atoms with Gasteiger partial charge < -0.3 is 14.6 Å². The molecule has 1 aromatic heterocycles. The standard InChI is InChI=1S/C27H37N3O2/c1-20(2)27(31)28-16-9-5-6-13-26-29-23-11-7-8-12-24(23)30(26)17-10-18-32-25-15-14-21(3)19-22(25)4/h7-8,11-12,14-15,19-20H,5-6,9-10,13,16-18H2,1-4H3,(H,28,31). The summed E-state index contributed by atoms with van der Waals surface area (Å²) in [6.45, 7) is 10.4. The third-order valence-electron chi connectivity index (χ3n) is 5.75. The first-order valence-corrected chi connectivity index (χ1v) is 11.9. The molecule has 0 saturated carbocycles. The van der Waals surface area contributed by atoms with E-state index in [1.165, 1.54) is 16.6 Å². The molecule has 1 heterocycles. The van der Waals surface area contributed by atoms with Gasteiger partial charge in [-0.15, -0.1) is 0 Å². The number of imidazole rings is 1. The third-order valence-corrected chi connectivity index (χ3v) is 5.75. The number of para-hydroxylation sites is 2. The summed E-state index contributed by atoms with van der Waals surface area (Å²) in [7, 11) is 0. The molecule has 0 spiro atoms. The van der Waals surface area contributed by atoms with E-state index in [-0.39, 0.29) is 11.8 Å². The lowest BCUT2D eigenvalue weighted by Crippen LogP contribution is -2.28. The van der Waals surface area contributed by atoms with E-state index in [1.54, 1.807) is 0 Å². The van der Waals surface area contributed by atoms with Crippen LogP contribution in [0.4, 0.5) is 0 Å². The normalized spacial score (nSPS) is 11.3. The molecule has 3 rings (SSSR count). The molecular weight excluding hydrogens is 398 g/mol. The number of nitrogens with zero attached hydrogens (tertiary/aromatic N) is 2. The molecule has 0 radical (unpaired) electrons. The van der Waals surface area contributed by atoms with E-state index in [1.807, 2.05) is 19.9 Å². The highest BCUT2D eigenvalue weighted by atomic mass is 16.5. The van der Waals surface area contributed by atoms with Gasteiger partial charge in [0.15, 0.2) is 0 Å². The summed E-state index contributed by atoms with van der Waals surface area (Å²) in [4.78, 5) is 16.6. The smallest absolute Gasteiger partial charge is 0.222 e. The Morgan fingerprint density at radius 1 is 1.06 bits per heavy atom. The highest BCUT2D eigenvalue weighted by Crippen LogP contribution is 2.21. The topological polar surface area (TPSA) is 56.1 Å². The van der Waals surface area contributed by atoms with Gasteiger partial charge in [-0.05, 0) is 56.9 Å². The maximum absolute atomic E-state index is 11.7. The van der Waals surface area contributed by atoms with Crippen LogP contribution in [0, 0.1) is 19.8 Å². The minimum absolute atomic E-state index is 0.0498. The lowest BCUT2D eigenvalue weighted by Gasteiger charge is -2.12. The van der Waals surface area contributed by atoms with Crippen molar-refractivity contribution in [3.05, 3.63) is 59.4 Å². The lowest BCUT2D eigenvalue weighted by molar-refractivity contribution is -0.123. The van der Waals surface area contributed by atoms with E-state index in [2.05, 4.69) is 60.1 Å². The van der Waals surface area contributed by atoms with Crippen LogP contribution in [0.25, 0.3) is 11.0 Å². The van der Waals surface area contributed by atoms with E-state index < -0.39 is 0 Å². The second-order valence-electron chi connectivity index (χ2n) is 8.90. The van der Waals surface area contributed by atoms with E-state index in [0.29, 0.717) is 6.61 Å². The van der Waals surface area contributed by atoms with E-state index >= 15 is 0 Å². The average Bonchev–Trinajstić information content (AvgIpc) is 3.12. The number of rotatable bonds is 12. The van der Waals surface area contributed by atoms with Gasteiger partial charge >= 0.3 is 0 Å². The van der Waals surface area contributed by atoms with Crippen molar-refractivity contribution in [1.82, 2.24) is 14.9 Å². The summed E-state index contributed by atoms with van der Waals surface area (Å²) in [6, 6.07) is 14.7. The van der Waals surface area contributed by atoms with Gasteiger partial charge in [-0.25, -0.2) is 4.98 Å². The fraction of sp³-hybridized carbons (Fsp3) is 0.481. The Bertz CT molecular complexity index is 1020. The van der Waals surface area contributed by atoms with E-state index in [9.17, 15) is 4.79 Å². The Balaban J connectivity index is 1.51. The van der Waals surface area contributed by atoms with Crippen molar-refractivity contribution < 1.29 is 9.53 Å². The maximum atomic E-state index is 11.7. The SMILES string of the molecule is Cc1ccc(OCCCn2c(CCCCCNC(=O)C(C)C)nc3ccccc32)c(C)c1. The highest BCUT2D eigenvalue weighted by molar-refractivity contribution is 5.77. The number of fused-ring (bicyclic) bond motifs is 1. The first-order valence-electron chi connectivity index (χ1n) is 11.9. The molecule has 5 nitrogen and oxygen atoms in total. The highest BCUT2D eigenvalue weighted by Gasteiger charge is 2.11. The van der Waals surface area contributed by atoms with Crippen molar-refractivity contribution in [3.63, 3.8) is 0 Å². The fourth-order valence-electron chi connectivity index (χ4n) is 3.93. The lowest BCUT2D eigenvalue weighted by atomic mass is 10.1. The summed E-state index contributed by atoms with van der Waals surface area (Å²) in [6.07, 6.45) is 5.03. The molecule has 0 atom stereocenters. The van der Waals surface area contributed by atoms with Gasteiger partial charge in [-0.1, -0.05) is 50.1 Å². The molecule has 2 aromatic carbocycles. The van der Waals surface area contributed by atoms with Crippen LogP contribution in [0.5, 0.6) is 5.75 Å². The van der Waals surface area contributed by atoms with Crippen molar-refractivity contribution >= 4 is 16.9 Å². The third kappa shape index (κ3) is 6.59. The average molecular weight is 436 g/mol. The van der Waals surface area contributed by atoms with Crippen LogP contribution in [-0.2, 0) is 17.8 Å².